The van der Waals surface area contributed by atoms with Gasteiger partial charge in [0.1, 0.15) is 0 Å². The van der Waals surface area contributed by atoms with Gasteiger partial charge in [-0.05, 0) is 73.3 Å². The molecule has 3 heteroatoms. The zero-order valence-corrected chi connectivity index (χ0v) is 12.9. The minimum atomic E-state index is 0.500. The lowest BCUT2D eigenvalue weighted by Crippen LogP contribution is -2.37. The van der Waals surface area contributed by atoms with Crippen molar-refractivity contribution in [1.29, 1.82) is 0 Å². The maximum atomic E-state index is 3.62. The largest absolute Gasteiger partial charge is 0.382 e. The van der Waals surface area contributed by atoms with Gasteiger partial charge in [-0.3, -0.25) is 0 Å². The minimum absolute atomic E-state index is 0.500. The van der Waals surface area contributed by atoms with Crippen LogP contribution < -0.4 is 10.6 Å². The predicted octanol–water partition coefficient (Wildman–Crippen LogP) is 4.09. The van der Waals surface area contributed by atoms with E-state index in [2.05, 4.69) is 58.6 Å². The highest BCUT2D eigenvalue weighted by Crippen LogP contribution is 2.25. The molecular formula is C15H23BrN2. The number of nitrogens with one attached hydrogen (secondary N) is 2. The number of aryl methyl sites for hydroxylation is 1. The fourth-order valence-corrected chi connectivity index (χ4v) is 3.22. The Morgan fingerprint density at radius 1 is 1.44 bits per heavy atom. The van der Waals surface area contributed by atoms with E-state index < -0.39 is 0 Å². The molecule has 0 saturated carbocycles. The molecule has 2 nitrogen and oxygen atoms in total. The Balaban J connectivity index is 1.87. The van der Waals surface area contributed by atoms with Crippen LogP contribution in [0.5, 0.6) is 0 Å². The predicted molar refractivity (Wildman–Crippen MR) is 82.2 cm³/mol. The Morgan fingerprint density at radius 3 is 2.94 bits per heavy atom. The standard InChI is InChI=1S/C15H23BrN2/c1-11-6-7-15(14(16)9-11)18-12(2)10-13-5-3-4-8-17-13/h6-7,9,12-13,17-18H,3-5,8,10H2,1-2H3. The summed E-state index contributed by atoms with van der Waals surface area (Å²) in [7, 11) is 0. The molecule has 1 aliphatic rings. The molecule has 0 aromatic heterocycles. The molecule has 1 aliphatic heterocycles. The third kappa shape index (κ3) is 3.99. The van der Waals surface area contributed by atoms with E-state index in [1.54, 1.807) is 0 Å². The SMILES string of the molecule is Cc1ccc(NC(C)CC2CCCCN2)c(Br)c1. The van der Waals surface area contributed by atoms with E-state index in [9.17, 15) is 0 Å². The zero-order chi connectivity index (χ0) is 13.0. The summed E-state index contributed by atoms with van der Waals surface area (Å²) in [6.07, 6.45) is 5.22. The van der Waals surface area contributed by atoms with Gasteiger partial charge >= 0.3 is 0 Å². The molecule has 18 heavy (non-hydrogen) atoms. The maximum absolute atomic E-state index is 3.62. The Morgan fingerprint density at radius 2 is 2.28 bits per heavy atom. The molecular weight excluding hydrogens is 288 g/mol. The number of halogens is 1. The summed E-state index contributed by atoms with van der Waals surface area (Å²) in [5.74, 6) is 0. The van der Waals surface area contributed by atoms with Crippen molar-refractivity contribution in [2.24, 2.45) is 0 Å². The third-order valence-electron chi connectivity index (χ3n) is 3.58. The van der Waals surface area contributed by atoms with Crippen LogP contribution in [0.15, 0.2) is 22.7 Å². The van der Waals surface area contributed by atoms with Gasteiger partial charge in [0.25, 0.3) is 0 Å². The van der Waals surface area contributed by atoms with Gasteiger partial charge in [-0.25, -0.2) is 0 Å². The van der Waals surface area contributed by atoms with E-state index in [-0.39, 0.29) is 0 Å². The third-order valence-corrected chi connectivity index (χ3v) is 4.23. The molecule has 1 fully saturated rings. The monoisotopic (exact) mass is 310 g/mol. The normalized spacial score (nSPS) is 21.6. The summed E-state index contributed by atoms with van der Waals surface area (Å²) < 4.78 is 1.16. The van der Waals surface area contributed by atoms with Crippen LogP contribution in [-0.2, 0) is 0 Å². The van der Waals surface area contributed by atoms with Crippen LogP contribution in [0.1, 0.15) is 38.2 Å². The van der Waals surface area contributed by atoms with Crippen LogP contribution in [0, 0.1) is 6.92 Å². The molecule has 0 aliphatic carbocycles. The van der Waals surface area contributed by atoms with Crippen LogP contribution in [-0.4, -0.2) is 18.6 Å². The van der Waals surface area contributed by atoms with Crippen molar-refractivity contribution < 1.29 is 0 Å². The molecule has 2 unspecified atom stereocenters. The lowest BCUT2D eigenvalue weighted by molar-refractivity contribution is 0.371. The highest BCUT2D eigenvalue weighted by Gasteiger charge is 2.16. The zero-order valence-electron chi connectivity index (χ0n) is 11.3. The topological polar surface area (TPSA) is 24.1 Å². The number of anilines is 1. The van der Waals surface area contributed by atoms with E-state index in [1.807, 2.05) is 0 Å². The van der Waals surface area contributed by atoms with E-state index in [0.29, 0.717) is 12.1 Å². The first-order valence-electron chi connectivity index (χ1n) is 6.91. The van der Waals surface area contributed by atoms with Gasteiger partial charge in [0.2, 0.25) is 0 Å². The second-order valence-electron chi connectivity index (χ2n) is 5.41. The first-order chi connectivity index (χ1) is 8.65. The van der Waals surface area contributed by atoms with Crippen molar-refractivity contribution in [2.45, 2.75) is 51.6 Å². The molecule has 2 atom stereocenters. The molecule has 0 bridgehead atoms. The van der Waals surface area contributed by atoms with Gasteiger partial charge in [0, 0.05) is 22.2 Å². The van der Waals surface area contributed by atoms with Gasteiger partial charge in [-0.15, -0.1) is 0 Å². The number of benzene rings is 1. The smallest absolute Gasteiger partial charge is 0.0486 e. The molecule has 1 saturated heterocycles. The molecule has 1 heterocycles. The molecule has 2 rings (SSSR count). The summed E-state index contributed by atoms with van der Waals surface area (Å²) >= 11 is 3.62. The number of piperidine rings is 1. The van der Waals surface area contributed by atoms with Gasteiger partial charge in [0.05, 0.1) is 0 Å². The molecule has 1 aromatic rings. The van der Waals surface area contributed by atoms with Crippen molar-refractivity contribution in [3.05, 3.63) is 28.2 Å². The van der Waals surface area contributed by atoms with E-state index in [4.69, 9.17) is 0 Å². The van der Waals surface area contributed by atoms with Crippen LogP contribution in [0.2, 0.25) is 0 Å². The molecule has 0 amide bonds. The number of rotatable bonds is 4. The van der Waals surface area contributed by atoms with Crippen molar-refractivity contribution in [1.82, 2.24) is 5.32 Å². The fourth-order valence-electron chi connectivity index (χ4n) is 2.61. The van der Waals surface area contributed by atoms with Crippen molar-refractivity contribution >= 4 is 21.6 Å². The van der Waals surface area contributed by atoms with Crippen LogP contribution >= 0.6 is 15.9 Å². The fraction of sp³-hybridized carbons (Fsp3) is 0.600. The van der Waals surface area contributed by atoms with Gasteiger partial charge in [-0.1, -0.05) is 12.5 Å². The average molecular weight is 311 g/mol. The Hall–Kier alpha value is -0.540. The first-order valence-corrected chi connectivity index (χ1v) is 7.70. The molecule has 2 N–H and O–H groups in total. The van der Waals surface area contributed by atoms with E-state index in [0.717, 1.165) is 4.47 Å². The van der Waals surface area contributed by atoms with Crippen molar-refractivity contribution in [3.8, 4) is 0 Å². The van der Waals surface area contributed by atoms with E-state index >= 15 is 0 Å². The first kappa shape index (κ1) is 13.9. The Labute approximate surface area is 119 Å². The van der Waals surface area contributed by atoms with Crippen LogP contribution in [0.25, 0.3) is 0 Å². The lowest BCUT2D eigenvalue weighted by Gasteiger charge is -2.27. The minimum Gasteiger partial charge on any atom is -0.382 e. The summed E-state index contributed by atoms with van der Waals surface area (Å²) in [5.41, 5.74) is 2.48. The van der Waals surface area contributed by atoms with Crippen LogP contribution in [0.4, 0.5) is 5.69 Å². The van der Waals surface area contributed by atoms with Crippen molar-refractivity contribution in [2.75, 3.05) is 11.9 Å². The quantitative estimate of drug-likeness (QED) is 0.875. The molecule has 1 aromatic carbocycles. The summed E-state index contributed by atoms with van der Waals surface area (Å²) in [4.78, 5) is 0. The highest BCUT2D eigenvalue weighted by molar-refractivity contribution is 9.10. The second kappa shape index (κ2) is 6.58. The summed E-state index contributed by atoms with van der Waals surface area (Å²) in [5, 5.41) is 7.21. The maximum Gasteiger partial charge on any atom is 0.0486 e. The molecule has 100 valence electrons. The van der Waals surface area contributed by atoms with Gasteiger partial charge in [-0.2, -0.15) is 0 Å². The van der Waals surface area contributed by atoms with Gasteiger partial charge in [0.15, 0.2) is 0 Å². The molecule has 0 radical (unpaired) electrons. The summed E-state index contributed by atoms with van der Waals surface area (Å²) in [6, 6.07) is 7.65. The summed E-state index contributed by atoms with van der Waals surface area (Å²) in [6.45, 7) is 5.57. The van der Waals surface area contributed by atoms with Gasteiger partial charge < -0.3 is 10.6 Å². The highest BCUT2D eigenvalue weighted by atomic mass is 79.9. The average Bonchev–Trinajstić information content (AvgIpc) is 2.34. The number of hydrogen-bond acceptors (Lipinski definition) is 2. The molecule has 0 spiro atoms. The number of hydrogen-bond donors (Lipinski definition) is 2. The van der Waals surface area contributed by atoms with Crippen molar-refractivity contribution in [3.63, 3.8) is 0 Å². The van der Waals surface area contributed by atoms with E-state index in [1.165, 1.54) is 43.5 Å². The Kier molecular flexibility index (Phi) is 5.07. The van der Waals surface area contributed by atoms with Crippen LogP contribution in [0.3, 0.4) is 0 Å². The second-order valence-corrected chi connectivity index (χ2v) is 6.27. The Bertz CT molecular complexity index is 386. The lowest BCUT2D eigenvalue weighted by atomic mass is 9.98.